The van der Waals surface area contributed by atoms with Crippen LogP contribution in [0.3, 0.4) is 0 Å². The molecule has 1 aromatic carbocycles. The molecule has 1 aliphatic carbocycles. The number of aromatic nitrogens is 5. The summed E-state index contributed by atoms with van der Waals surface area (Å²) in [5.41, 5.74) is 2.29. The van der Waals surface area contributed by atoms with E-state index in [2.05, 4.69) is 32.3 Å². The van der Waals surface area contributed by atoms with Crippen LogP contribution >= 0.6 is 0 Å². The van der Waals surface area contributed by atoms with Gasteiger partial charge in [-0.05, 0) is 37.3 Å². The lowest BCUT2D eigenvalue weighted by Crippen LogP contribution is -2.12. The van der Waals surface area contributed by atoms with Crippen molar-refractivity contribution in [1.82, 2.24) is 24.6 Å². The minimum Gasteiger partial charge on any atom is -0.463 e. The van der Waals surface area contributed by atoms with Crippen molar-refractivity contribution in [3.63, 3.8) is 0 Å². The summed E-state index contributed by atoms with van der Waals surface area (Å²) >= 11 is 0. The highest BCUT2D eigenvalue weighted by atomic mass is 19.1. The average Bonchev–Trinajstić information content (AvgIpc) is 3.30. The third-order valence-corrected chi connectivity index (χ3v) is 5.76. The van der Waals surface area contributed by atoms with E-state index in [0.29, 0.717) is 41.2 Å². The van der Waals surface area contributed by atoms with Crippen LogP contribution < -0.4 is 10.1 Å². The second-order valence-corrected chi connectivity index (χ2v) is 8.18. The van der Waals surface area contributed by atoms with Gasteiger partial charge in [0.25, 0.3) is 0 Å². The Morgan fingerprint density at radius 3 is 2.91 bits per heavy atom. The number of hydrogen-bond donors (Lipinski definition) is 1. The minimum absolute atomic E-state index is 0. The number of hydrogen-bond acceptors (Lipinski definition) is 6. The quantitative estimate of drug-likeness (QED) is 0.441. The summed E-state index contributed by atoms with van der Waals surface area (Å²) < 4.78 is 35.1. The molecule has 0 saturated heterocycles. The highest BCUT2D eigenvalue weighted by Gasteiger charge is 2.33. The van der Waals surface area contributed by atoms with Crippen molar-refractivity contribution in [3.05, 3.63) is 66.1 Å². The zero-order valence-corrected chi connectivity index (χ0v) is 17.7. The molecule has 166 valence electrons. The fraction of sp³-hybridized carbons (Fsp3) is 0.304. The Bertz CT molecular complexity index is 1280. The fourth-order valence-electron chi connectivity index (χ4n) is 3.67. The number of benzene rings is 1. The van der Waals surface area contributed by atoms with Crippen molar-refractivity contribution in [2.75, 3.05) is 11.9 Å². The lowest BCUT2D eigenvalue weighted by atomic mass is 10.1. The van der Waals surface area contributed by atoms with E-state index < -0.39 is 17.7 Å². The first-order valence-corrected chi connectivity index (χ1v) is 10.5. The van der Waals surface area contributed by atoms with E-state index in [1.165, 1.54) is 12.1 Å². The van der Waals surface area contributed by atoms with Gasteiger partial charge in [0.1, 0.15) is 17.5 Å². The number of nitrogens with one attached hydrogen (secondary N) is 1. The maximum Gasteiger partial charge on any atom is 0.318 e. The molecule has 2 unspecified atom stereocenters. The number of fused-ring (bicyclic) bond motifs is 1. The summed E-state index contributed by atoms with van der Waals surface area (Å²) in [6.07, 6.45) is 6.30. The fourth-order valence-corrected chi connectivity index (χ4v) is 3.67. The molecule has 1 saturated carbocycles. The Morgan fingerprint density at radius 1 is 1.28 bits per heavy atom. The summed E-state index contributed by atoms with van der Waals surface area (Å²) in [6, 6.07) is 6.83. The molecule has 5 rings (SSSR count). The maximum absolute atomic E-state index is 14.3. The van der Waals surface area contributed by atoms with E-state index in [0.717, 1.165) is 18.1 Å². The van der Waals surface area contributed by atoms with E-state index in [9.17, 15) is 8.78 Å². The molecule has 0 amide bonds. The van der Waals surface area contributed by atoms with Crippen molar-refractivity contribution in [2.45, 2.75) is 26.3 Å². The summed E-state index contributed by atoms with van der Waals surface area (Å²) in [6.45, 7) is 4.50. The summed E-state index contributed by atoms with van der Waals surface area (Å²) in [5, 5.41) is 7.50. The molecule has 1 aliphatic rings. The Labute approximate surface area is 185 Å². The van der Waals surface area contributed by atoms with Gasteiger partial charge >= 0.3 is 6.01 Å². The first kappa shape index (κ1) is 20.3. The predicted molar refractivity (Wildman–Crippen MR) is 117 cm³/mol. The minimum atomic E-state index is -0.620. The average molecular weight is 438 g/mol. The molecule has 4 aromatic rings. The van der Waals surface area contributed by atoms with Gasteiger partial charge < -0.3 is 10.1 Å². The number of halogens is 2. The molecule has 1 fully saturated rings. The van der Waals surface area contributed by atoms with E-state index in [-0.39, 0.29) is 7.44 Å². The van der Waals surface area contributed by atoms with E-state index in [1.54, 1.807) is 42.2 Å². The van der Waals surface area contributed by atoms with Crippen LogP contribution in [-0.4, -0.2) is 31.2 Å². The third-order valence-electron chi connectivity index (χ3n) is 5.76. The van der Waals surface area contributed by atoms with Crippen molar-refractivity contribution in [3.8, 4) is 17.3 Å². The zero-order chi connectivity index (χ0) is 22.2. The van der Waals surface area contributed by atoms with Crippen LogP contribution in [0.4, 0.5) is 14.6 Å². The lowest BCUT2D eigenvalue weighted by Gasteiger charge is -2.17. The van der Waals surface area contributed by atoms with Crippen LogP contribution in [-0.2, 0) is 0 Å². The standard InChI is InChI=1S/C23H22F2N6O.H2/c1-13-8-15(13)12-32-23-29-20(18-11-27-31-7-3-6-26-22(18)31)10-21(30-23)28-14(2)17-5-4-16(24)9-19(17)25;/h3-7,9-11,13-15H,8,12H2,1-2H3,(H,28,29,30);1H/t13?,14-,15?;/m0./s1. The molecule has 0 bridgehead atoms. The SMILES string of the molecule is CC1CC1COc1nc(N[C@@H](C)c2ccc(F)cc2F)cc(-c2cnn3cccnc23)n1.[HH]. The van der Waals surface area contributed by atoms with Crippen LogP contribution in [0.2, 0.25) is 0 Å². The molecule has 3 atom stereocenters. The third kappa shape index (κ3) is 4.10. The van der Waals surface area contributed by atoms with E-state index >= 15 is 0 Å². The van der Waals surface area contributed by atoms with Crippen LogP contribution in [0.5, 0.6) is 6.01 Å². The Kier molecular flexibility index (Phi) is 5.16. The highest BCUT2D eigenvalue weighted by Crippen LogP contribution is 2.38. The molecule has 1 N–H and O–H groups in total. The molecular formula is C23H24F2N6O. The van der Waals surface area contributed by atoms with Crippen LogP contribution in [0.25, 0.3) is 16.9 Å². The molecule has 0 radical (unpaired) electrons. The van der Waals surface area contributed by atoms with Crippen molar-refractivity contribution >= 4 is 11.5 Å². The van der Waals surface area contributed by atoms with Gasteiger partial charge in [0.2, 0.25) is 0 Å². The first-order valence-electron chi connectivity index (χ1n) is 10.5. The Morgan fingerprint density at radius 2 is 2.12 bits per heavy atom. The number of ether oxygens (including phenoxy) is 1. The van der Waals surface area contributed by atoms with Gasteiger partial charge in [0.05, 0.1) is 30.1 Å². The topological polar surface area (TPSA) is 77.2 Å². The molecule has 9 heteroatoms. The molecule has 3 heterocycles. The van der Waals surface area contributed by atoms with Crippen molar-refractivity contribution in [1.29, 1.82) is 0 Å². The highest BCUT2D eigenvalue weighted by molar-refractivity contribution is 5.75. The molecule has 0 spiro atoms. The summed E-state index contributed by atoms with van der Waals surface area (Å²) in [7, 11) is 0. The van der Waals surface area contributed by atoms with E-state index in [4.69, 9.17) is 4.74 Å². The van der Waals surface area contributed by atoms with Crippen LogP contribution in [0, 0.1) is 23.5 Å². The monoisotopic (exact) mass is 438 g/mol. The summed E-state index contributed by atoms with van der Waals surface area (Å²) in [5.74, 6) is 0.365. The van der Waals surface area contributed by atoms with Gasteiger partial charge in [-0.1, -0.05) is 13.0 Å². The Balaban J connectivity index is 0.00000259. The maximum atomic E-state index is 14.3. The second kappa shape index (κ2) is 8.14. The Hall–Kier alpha value is -3.62. The van der Waals surface area contributed by atoms with Crippen molar-refractivity contribution < 1.29 is 14.9 Å². The number of rotatable bonds is 7. The van der Waals surface area contributed by atoms with Gasteiger partial charge in [-0.15, -0.1) is 0 Å². The van der Waals surface area contributed by atoms with Gasteiger partial charge in [-0.3, -0.25) is 0 Å². The largest absolute Gasteiger partial charge is 0.463 e. The molecule has 32 heavy (non-hydrogen) atoms. The number of anilines is 1. The van der Waals surface area contributed by atoms with Crippen LogP contribution in [0.15, 0.2) is 48.9 Å². The van der Waals surface area contributed by atoms with Crippen molar-refractivity contribution in [2.24, 2.45) is 11.8 Å². The first-order chi connectivity index (χ1) is 15.5. The van der Waals surface area contributed by atoms with Gasteiger partial charge in [0, 0.05) is 31.5 Å². The predicted octanol–water partition coefficient (Wildman–Crippen LogP) is 4.92. The lowest BCUT2D eigenvalue weighted by molar-refractivity contribution is 0.271. The second-order valence-electron chi connectivity index (χ2n) is 8.18. The van der Waals surface area contributed by atoms with Gasteiger partial charge in [-0.2, -0.15) is 15.1 Å². The van der Waals surface area contributed by atoms with Crippen LogP contribution in [0.1, 0.15) is 33.3 Å². The smallest absolute Gasteiger partial charge is 0.318 e. The number of nitrogens with zero attached hydrogens (tertiary/aromatic N) is 5. The van der Waals surface area contributed by atoms with E-state index in [1.807, 2.05) is 0 Å². The molecule has 3 aromatic heterocycles. The normalized spacial score (nSPS) is 18.5. The van der Waals surface area contributed by atoms with Gasteiger partial charge in [0.15, 0.2) is 5.65 Å². The summed E-state index contributed by atoms with van der Waals surface area (Å²) in [4.78, 5) is 13.4. The molecule has 0 aliphatic heterocycles. The molecule has 7 nitrogen and oxygen atoms in total. The van der Waals surface area contributed by atoms with Gasteiger partial charge in [-0.25, -0.2) is 18.3 Å². The zero-order valence-electron chi connectivity index (χ0n) is 17.7. The molecular weight excluding hydrogens is 414 g/mol.